The smallest absolute Gasteiger partial charge is 0.204 e. The molecule has 0 bridgehead atoms. The van der Waals surface area contributed by atoms with Gasteiger partial charge in [-0.2, -0.15) is 0 Å². The van der Waals surface area contributed by atoms with Crippen LogP contribution in [-0.2, 0) is 0 Å². The van der Waals surface area contributed by atoms with Crippen molar-refractivity contribution >= 4 is 45.4 Å². The molecule has 8 nitrogen and oxygen atoms in total. The van der Waals surface area contributed by atoms with E-state index in [1.807, 2.05) is 12.1 Å². The summed E-state index contributed by atoms with van der Waals surface area (Å²) in [5.74, 6) is 3.02. The first-order chi connectivity index (χ1) is 14.2. The molecule has 0 spiro atoms. The predicted molar refractivity (Wildman–Crippen MR) is 118 cm³/mol. The number of aromatic nitrogens is 4. The van der Waals surface area contributed by atoms with Gasteiger partial charge in [-0.15, -0.1) is 5.10 Å². The first-order valence-electron chi connectivity index (χ1n) is 9.59. The molecule has 4 rings (SSSR count). The van der Waals surface area contributed by atoms with Gasteiger partial charge in [-0.1, -0.05) is 11.3 Å². The average molecular weight is 433 g/mol. The van der Waals surface area contributed by atoms with Crippen molar-refractivity contribution in [3.8, 4) is 11.5 Å². The van der Waals surface area contributed by atoms with Crippen molar-refractivity contribution in [2.45, 2.75) is 19.3 Å². The van der Waals surface area contributed by atoms with Crippen LogP contribution in [0.15, 0.2) is 18.5 Å². The van der Waals surface area contributed by atoms with Crippen LogP contribution in [-0.4, -0.2) is 54.0 Å². The molecule has 2 aromatic heterocycles. The van der Waals surface area contributed by atoms with E-state index in [4.69, 9.17) is 21.7 Å². The van der Waals surface area contributed by atoms with Gasteiger partial charge in [0.2, 0.25) is 5.13 Å². The molecule has 0 atom stereocenters. The first-order valence-corrected chi connectivity index (χ1v) is 10.8. The van der Waals surface area contributed by atoms with Gasteiger partial charge < -0.3 is 19.7 Å². The molecule has 0 aliphatic carbocycles. The fourth-order valence-electron chi connectivity index (χ4n) is 3.74. The second-order valence-corrected chi connectivity index (χ2v) is 8.65. The fourth-order valence-corrected chi connectivity index (χ4v) is 4.56. The number of H-pyrrole nitrogens is 1. The molecule has 29 heavy (non-hydrogen) atoms. The molecule has 3 aromatic rings. The van der Waals surface area contributed by atoms with Crippen LogP contribution in [0.1, 0.15) is 19.3 Å². The number of anilines is 2. The highest BCUT2D eigenvalue weighted by Crippen LogP contribution is 2.35. The number of hydrogen-bond acceptors (Lipinski definition) is 9. The Morgan fingerprint density at radius 1 is 1.21 bits per heavy atom. The topological polar surface area (TPSA) is 88.2 Å². The van der Waals surface area contributed by atoms with Crippen molar-refractivity contribution in [2.75, 3.05) is 44.1 Å². The van der Waals surface area contributed by atoms with Gasteiger partial charge in [0.25, 0.3) is 0 Å². The van der Waals surface area contributed by atoms with Crippen molar-refractivity contribution in [1.82, 2.24) is 20.2 Å². The van der Waals surface area contributed by atoms with Crippen LogP contribution < -0.4 is 19.7 Å². The summed E-state index contributed by atoms with van der Waals surface area (Å²) in [7, 11) is 3.28. The molecule has 0 saturated carbocycles. The SMILES string of the molecule is COc1cc2ncnc(N3CCC(CCNc4n[nH]c(=S)s4)CC3)c2cc1OC. The van der Waals surface area contributed by atoms with E-state index in [-0.39, 0.29) is 0 Å². The van der Waals surface area contributed by atoms with Gasteiger partial charge in [0, 0.05) is 31.1 Å². The number of methoxy groups -OCH3 is 2. The van der Waals surface area contributed by atoms with E-state index in [0.29, 0.717) is 21.4 Å². The number of piperidine rings is 1. The fraction of sp³-hybridized carbons (Fsp3) is 0.474. The number of nitrogens with zero attached hydrogens (tertiary/aromatic N) is 4. The van der Waals surface area contributed by atoms with Crippen LogP contribution >= 0.6 is 23.6 Å². The summed E-state index contributed by atoms with van der Waals surface area (Å²) >= 11 is 6.53. The minimum Gasteiger partial charge on any atom is -0.493 e. The van der Waals surface area contributed by atoms with Crippen molar-refractivity contribution < 1.29 is 9.47 Å². The molecule has 0 amide bonds. The Morgan fingerprint density at radius 2 is 1.97 bits per heavy atom. The maximum Gasteiger partial charge on any atom is 0.204 e. The van der Waals surface area contributed by atoms with E-state index in [1.54, 1.807) is 20.5 Å². The molecule has 10 heteroatoms. The number of hydrogen-bond donors (Lipinski definition) is 2. The number of aromatic amines is 1. The summed E-state index contributed by atoms with van der Waals surface area (Å²) in [6, 6.07) is 3.88. The normalized spacial score (nSPS) is 14.9. The van der Waals surface area contributed by atoms with E-state index in [1.165, 1.54) is 11.3 Å². The zero-order valence-electron chi connectivity index (χ0n) is 16.5. The molecule has 2 N–H and O–H groups in total. The van der Waals surface area contributed by atoms with Gasteiger partial charge in [0.05, 0.1) is 19.7 Å². The maximum atomic E-state index is 5.47. The highest BCUT2D eigenvalue weighted by molar-refractivity contribution is 7.73. The van der Waals surface area contributed by atoms with Crippen LogP contribution in [0.2, 0.25) is 0 Å². The van der Waals surface area contributed by atoms with E-state index >= 15 is 0 Å². The molecule has 0 unspecified atom stereocenters. The Bertz CT molecular complexity index is 1030. The average Bonchev–Trinajstić information content (AvgIpc) is 3.17. The highest BCUT2D eigenvalue weighted by Gasteiger charge is 2.22. The number of ether oxygens (including phenoxy) is 2. The Labute approximate surface area is 178 Å². The first kappa shape index (κ1) is 19.8. The van der Waals surface area contributed by atoms with Gasteiger partial charge in [0.1, 0.15) is 12.1 Å². The van der Waals surface area contributed by atoms with Gasteiger partial charge in [-0.05, 0) is 43.5 Å². The molecule has 0 radical (unpaired) electrons. The molecule has 1 aliphatic heterocycles. The zero-order valence-corrected chi connectivity index (χ0v) is 18.1. The molecular formula is C19H24N6O2S2. The summed E-state index contributed by atoms with van der Waals surface area (Å²) in [6.45, 7) is 2.87. The van der Waals surface area contributed by atoms with Crippen LogP contribution in [0.5, 0.6) is 11.5 Å². The predicted octanol–water partition coefficient (Wildman–Crippen LogP) is 3.88. The Balaban J connectivity index is 1.40. The lowest BCUT2D eigenvalue weighted by atomic mass is 9.93. The molecule has 3 heterocycles. The van der Waals surface area contributed by atoms with Crippen LogP contribution in [0.4, 0.5) is 10.9 Å². The van der Waals surface area contributed by atoms with Crippen molar-refractivity contribution in [3.05, 3.63) is 22.4 Å². The van der Waals surface area contributed by atoms with Gasteiger partial charge >= 0.3 is 0 Å². The van der Waals surface area contributed by atoms with E-state index in [9.17, 15) is 0 Å². The van der Waals surface area contributed by atoms with Crippen LogP contribution in [0.25, 0.3) is 10.9 Å². The van der Waals surface area contributed by atoms with Gasteiger partial charge in [0.15, 0.2) is 15.5 Å². The standard InChI is InChI=1S/C19H24N6O2S2/c1-26-15-9-13-14(10-16(15)27-2)21-11-22-17(13)25-7-4-12(5-8-25)3-6-20-18-23-24-19(28)29-18/h9-12H,3-8H2,1-2H3,(H,20,23)(H,24,28). The van der Waals surface area contributed by atoms with Crippen LogP contribution in [0, 0.1) is 9.87 Å². The summed E-state index contributed by atoms with van der Waals surface area (Å²) in [6.07, 6.45) is 5.02. The third-order valence-corrected chi connectivity index (χ3v) is 6.35. The van der Waals surface area contributed by atoms with E-state index in [2.05, 4.69) is 30.4 Å². The highest BCUT2D eigenvalue weighted by atomic mass is 32.1. The van der Waals surface area contributed by atoms with E-state index < -0.39 is 0 Å². The second kappa shape index (κ2) is 8.91. The van der Waals surface area contributed by atoms with Gasteiger partial charge in [-0.3, -0.25) is 5.10 Å². The van der Waals surface area contributed by atoms with E-state index in [0.717, 1.165) is 60.7 Å². The number of nitrogens with one attached hydrogen (secondary N) is 2. The zero-order chi connectivity index (χ0) is 20.2. The lowest BCUT2D eigenvalue weighted by molar-refractivity contribution is 0.355. The van der Waals surface area contributed by atoms with Gasteiger partial charge in [-0.25, -0.2) is 9.97 Å². The molecular weight excluding hydrogens is 408 g/mol. The van der Waals surface area contributed by atoms with Crippen molar-refractivity contribution in [1.29, 1.82) is 0 Å². The third kappa shape index (κ3) is 4.43. The number of benzene rings is 1. The lowest BCUT2D eigenvalue weighted by Crippen LogP contribution is -2.35. The summed E-state index contributed by atoms with van der Waals surface area (Å²) in [5, 5.41) is 12.1. The molecule has 1 fully saturated rings. The van der Waals surface area contributed by atoms with Crippen molar-refractivity contribution in [2.24, 2.45) is 5.92 Å². The second-order valence-electron chi connectivity index (χ2n) is 6.99. The Hall–Kier alpha value is -2.46. The maximum absolute atomic E-state index is 5.47. The molecule has 154 valence electrons. The minimum atomic E-state index is 0.678. The summed E-state index contributed by atoms with van der Waals surface area (Å²) < 4.78 is 11.6. The number of rotatable bonds is 7. The monoisotopic (exact) mass is 432 g/mol. The quantitative estimate of drug-likeness (QED) is 0.544. The molecule has 1 aliphatic rings. The Morgan fingerprint density at radius 3 is 2.66 bits per heavy atom. The Kier molecular flexibility index (Phi) is 6.10. The third-order valence-electron chi connectivity index (χ3n) is 5.30. The van der Waals surface area contributed by atoms with Crippen LogP contribution in [0.3, 0.4) is 0 Å². The largest absolute Gasteiger partial charge is 0.493 e. The summed E-state index contributed by atoms with van der Waals surface area (Å²) in [4.78, 5) is 11.3. The lowest BCUT2D eigenvalue weighted by Gasteiger charge is -2.33. The van der Waals surface area contributed by atoms with Crippen molar-refractivity contribution in [3.63, 3.8) is 0 Å². The molecule has 1 saturated heterocycles. The summed E-state index contributed by atoms with van der Waals surface area (Å²) in [5.41, 5.74) is 0.861. The minimum absolute atomic E-state index is 0.678. The number of fused-ring (bicyclic) bond motifs is 1. The molecule has 1 aromatic carbocycles.